The molecule has 1 aliphatic rings. The lowest BCUT2D eigenvalue weighted by Gasteiger charge is -2.33. The van der Waals surface area contributed by atoms with Crippen LogP contribution in [-0.4, -0.2) is 53.9 Å². The molecule has 1 fully saturated rings. The number of ether oxygens (including phenoxy) is 1. The first kappa shape index (κ1) is 17.7. The number of amides is 1. The summed E-state index contributed by atoms with van der Waals surface area (Å²) < 4.78 is 5.09. The van der Waals surface area contributed by atoms with Crippen molar-refractivity contribution in [3.05, 3.63) is 0 Å². The summed E-state index contributed by atoms with van der Waals surface area (Å²) in [7, 11) is 0. The maximum Gasteiger partial charge on any atom is 0.528 e. The van der Waals surface area contributed by atoms with Crippen LogP contribution in [0.2, 0.25) is 0 Å². The molecule has 7 heteroatoms. The van der Waals surface area contributed by atoms with E-state index in [1.807, 2.05) is 20.8 Å². The summed E-state index contributed by atoms with van der Waals surface area (Å²) in [5, 5.41) is 7.46. The van der Waals surface area contributed by atoms with E-state index in [1.165, 1.54) is 5.06 Å². The van der Waals surface area contributed by atoms with E-state index in [0.29, 0.717) is 19.6 Å². The average Bonchev–Trinajstić information content (AvgIpc) is 2.24. The van der Waals surface area contributed by atoms with Gasteiger partial charge >= 0.3 is 6.16 Å². The molecule has 1 saturated heterocycles. The fourth-order valence-corrected chi connectivity index (χ4v) is 1.81. The fraction of sp³-hybridized carbons (Fsp3) is 0.857. The number of hydroxylamine groups is 2. The van der Waals surface area contributed by atoms with Gasteiger partial charge in [0.25, 0.3) is 0 Å². The Balaban J connectivity index is 2.49. The molecule has 1 amide bonds. The number of rotatable bonds is 2. The van der Waals surface area contributed by atoms with Crippen LogP contribution in [0.25, 0.3) is 0 Å². The zero-order valence-electron chi connectivity index (χ0n) is 13.8. The number of nitrogens with one attached hydrogen (secondary N) is 2. The zero-order valence-corrected chi connectivity index (χ0v) is 13.8. The lowest BCUT2D eigenvalue weighted by molar-refractivity contribution is -0.159. The number of nitrogens with zero attached hydrogens (tertiary/aromatic N) is 1. The van der Waals surface area contributed by atoms with Crippen molar-refractivity contribution in [1.82, 2.24) is 15.7 Å². The van der Waals surface area contributed by atoms with Gasteiger partial charge in [0.05, 0.1) is 6.54 Å². The van der Waals surface area contributed by atoms with Crippen LogP contribution in [0, 0.1) is 0 Å². The molecule has 1 heterocycles. The van der Waals surface area contributed by atoms with Crippen LogP contribution in [-0.2, 0) is 14.4 Å². The summed E-state index contributed by atoms with van der Waals surface area (Å²) in [6, 6.07) is -0.416. The van der Waals surface area contributed by atoms with Gasteiger partial charge in [-0.1, -0.05) is 0 Å². The molecule has 122 valence electrons. The second kappa shape index (κ2) is 6.62. The Bertz CT molecular complexity index is 385. The maximum absolute atomic E-state index is 12.1. The van der Waals surface area contributed by atoms with Crippen LogP contribution in [0.3, 0.4) is 0 Å². The Hall–Kier alpha value is -1.34. The summed E-state index contributed by atoms with van der Waals surface area (Å²) in [6.07, 6.45) is -0.751. The lowest BCUT2D eigenvalue weighted by Crippen LogP contribution is -2.59. The summed E-state index contributed by atoms with van der Waals surface area (Å²) in [5.74, 6) is -0.111. The van der Waals surface area contributed by atoms with Crippen molar-refractivity contribution in [3.63, 3.8) is 0 Å². The normalized spacial score (nSPS) is 20.8. The Morgan fingerprint density at radius 2 is 1.81 bits per heavy atom. The number of hydrogen-bond donors (Lipinski definition) is 2. The maximum atomic E-state index is 12.1. The van der Waals surface area contributed by atoms with Crippen LogP contribution >= 0.6 is 0 Å². The Labute approximate surface area is 126 Å². The predicted molar refractivity (Wildman–Crippen MR) is 78.6 cm³/mol. The highest BCUT2D eigenvalue weighted by molar-refractivity contribution is 5.82. The second-order valence-electron chi connectivity index (χ2n) is 7.19. The molecule has 1 atom stereocenters. The Morgan fingerprint density at radius 1 is 1.19 bits per heavy atom. The summed E-state index contributed by atoms with van der Waals surface area (Å²) in [4.78, 5) is 28.9. The largest absolute Gasteiger partial charge is 0.528 e. The summed E-state index contributed by atoms with van der Waals surface area (Å²) in [6.45, 7) is 12.4. The van der Waals surface area contributed by atoms with Gasteiger partial charge < -0.3 is 20.2 Å². The zero-order chi connectivity index (χ0) is 16.3. The van der Waals surface area contributed by atoms with Crippen LogP contribution in [0.15, 0.2) is 0 Å². The molecule has 2 N–H and O–H groups in total. The van der Waals surface area contributed by atoms with E-state index in [-0.39, 0.29) is 11.4 Å². The molecule has 1 aliphatic heterocycles. The molecular weight excluding hydrogens is 274 g/mol. The smallest absolute Gasteiger partial charge is 0.427 e. The van der Waals surface area contributed by atoms with E-state index in [4.69, 9.17) is 9.57 Å². The molecule has 7 nitrogen and oxygen atoms in total. The number of carbonyl (C=O) groups is 2. The Morgan fingerprint density at radius 3 is 2.33 bits per heavy atom. The van der Waals surface area contributed by atoms with Gasteiger partial charge in [0.2, 0.25) is 5.91 Å². The van der Waals surface area contributed by atoms with E-state index >= 15 is 0 Å². The van der Waals surface area contributed by atoms with Gasteiger partial charge in [0.15, 0.2) is 0 Å². The monoisotopic (exact) mass is 301 g/mol. The van der Waals surface area contributed by atoms with Crippen molar-refractivity contribution < 1.29 is 19.2 Å². The highest BCUT2D eigenvalue weighted by Crippen LogP contribution is 2.10. The third-order valence-corrected chi connectivity index (χ3v) is 2.55. The fourth-order valence-electron chi connectivity index (χ4n) is 1.81. The van der Waals surface area contributed by atoms with Gasteiger partial charge in [-0.2, -0.15) is 0 Å². The minimum Gasteiger partial charge on any atom is -0.427 e. The van der Waals surface area contributed by atoms with E-state index in [2.05, 4.69) is 10.6 Å². The molecule has 0 unspecified atom stereocenters. The third-order valence-electron chi connectivity index (χ3n) is 2.55. The number of carbonyl (C=O) groups excluding carboxylic acids is 2. The molecule has 0 aromatic rings. The summed E-state index contributed by atoms with van der Waals surface area (Å²) in [5.41, 5.74) is -0.902. The predicted octanol–water partition coefficient (Wildman–Crippen LogP) is 1.04. The van der Waals surface area contributed by atoms with Crippen LogP contribution in [0.1, 0.15) is 41.5 Å². The van der Waals surface area contributed by atoms with Crippen molar-refractivity contribution in [2.24, 2.45) is 0 Å². The van der Waals surface area contributed by atoms with E-state index in [0.717, 1.165) is 0 Å². The minimum atomic E-state index is -0.751. The molecule has 0 bridgehead atoms. The first-order valence-corrected chi connectivity index (χ1v) is 7.17. The number of hydrogen-bond acceptors (Lipinski definition) is 6. The minimum absolute atomic E-state index is 0.111. The van der Waals surface area contributed by atoms with E-state index < -0.39 is 17.8 Å². The van der Waals surface area contributed by atoms with E-state index in [9.17, 15) is 9.59 Å². The first-order valence-electron chi connectivity index (χ1n) is 7.17. The molecular formula is C14H27N3O4. The standard InChI is InChI=1S/C14H27N3O4/c1-13(2,3)16-11(18)10-9-17(8-7-15-10)21-12(19)20-14(4,5)6/h10,15H,7-9H2,1-6H3,(H,16,18)/t10-/m0/s1. The molecule has 0 radical (unpaired) electrons. The van der Waals surface area contributed by atoms with Gasteiger partial charge in [-0.3, -0.25) is 4.79 Å². The lowest BCUT2D eigenvalue weighted by atomic mass is 10.1. The quantitative estimate of drug-likeness (QED) is 0.742. The molecule has 0 aromatic heterocycles. The molecule has 0 aromatic carbocycles. The third kappa shape index (κ3) is 7.29. The van der Waals surface area contributed by atoms with Gasteiger partial charge in [-0.05, 0) is 41.5 Å². The SMILES string of the molecule is CC(C)(C)NC(=O)[C@@H]1CN(OC(=O)OC(C)(C)C)CCN1. The van der Waals surface area contributed by atoms with Crippen molar-refractivity contribution in [1.29, 1.82) is 0 Å². The van der Waals surface area contributed by atoms with Crippen molar-refractivity contribution in [2.45, 2.75) is 58.7 Å². The molecule has 1 rings (SSSR count). The van der Waals surface area contributed by atoms with Crippen molar-refractivity contribution in [3.8, 4) is 0 Å². The molecule has 0 spiro atoms. The Kier molecular flexibility index (Phi) is 5.58. The molecule has 21 heavy (non-hydrogen) atoms. The highest BCUT2D eigenvalue weighted by Gasteiger charge is 2.30. The first-order chi connectivity index (χ1) is 9.46. The topological polar surface area (TPSA) is 79.9 Å². The van der Waals surface area contributed by atoms with Gasteiger partial charge in [-0.15, -0.1) is 5.06 Å². The van der Waals surface area contributed by atoms with E-state index in [1.54, 1.807) is 20.8 Å². The van der Waals surface area contributed by atoms with Gasteiger partial charge in [0, 0.05) is 18.6 Å². The highest BCUT2D eigenvalue weighted by atomic mass is 16.8. The average molecular weight is 301 g/mol. The van der Waals surface area contributed by atoms with Crippen LogP contribution in [0.4, 0.5) is 4.79 Å². The number of piperazine rings is 1. The second-order valence-corrected chi connectivity index (χ2v) is 7.19. The van der Waals surface area contributed by atoms with Crippen molar-refractivity contribution >= 4 is 12.1 Å². The van der Waals surface area contributed by atoms with Gasteiger partial charge in [-0.25, -0.2) is 4.79 Å². The van der Waals surface area contributed by atoms with Crippen LogP contribution in [0.5, 0.6) is 0 Å². The van der Waals surface area contributed by atoms with Crippen molar-refractivity contribution in [2.75, 3.05) is 19.6 Å². The molecule has 0 aliphatic carbocycles. The van der Waals surface area contributed by atoms with Crippen LogP contribution < -0.4 is 10.6 Å². The van der Waals surface area contributed by atoms with Gasteiger partial charge in [0.1, 0.15) is 11.6 Å². The summed E-state index contributed by atoms with van der Waals surface area (Å²) >= 11 is 0. The molecule has 0 saturated carbocycles.